The Balaban J connectivity index is 2.11. The van der Waals surface area contributed by atoms with Gasteiger partial charge in [0.2, 0.25) is 0 Å². The van der Waals surface area contributed by atoms with Crippen LogP contribution in [0.3, 0.4) is 0 Å². The highest BCUT2D eigenvalue weighted by atomic mass is 35.5. The van der Waals surface area contributed by atoms with Crippen LogP contribution in [0.15, 0.2) is 35.2 Å². The van der Waals surface area contributed by atoms with E-state index in [2.05, 4.69) is 10.3 Å². The number of methoxy groups -OCH3 is 1. The number of nitrogens with one attached hydrogen (secondary N) is 1. The number of nitrogens with zero attached hydrogens (tertiary/aromatic N) is 1. The van der Waals surface area contributed by atoms with Gasteiger partial charge in [-0.05, 0) is 18.2 Å². The Morgan fingerprint density at radius 2 is 2.38 bits per heavy atom. The summed E-state index contributed by atoms with van der Waals surface area (Å²) in [4.78, 5) is 3.83. The van der Waals surface area contributed by atoms with Crippen molar-refractivity contribution in [3.63, 3.8) is 0 Å². The monoisotopic (exact) mass is 238 g/mol. The fourth-order valence-electron chi connectivity index (χ4n) is 1.33. The average molecular weight is 239 g/mol. The smallest absolute Gasteiger partial charge is 0.180 e. The maximum atomic E-state index is 5.90. The molecule has 0 unspecified atom stereocenters. The molecule has 0 aliphatic carbocycles. The molecule has 0 fully saturated rings. The SMILES string of the molecule is COc1ccc(Cl)cc1NCc1cnco1. The quantitative estimate of drug-likeness (QED) is 0.890. The molecule has 2 aromatic rings. The third kappa shape index (κ3) is 2.46. The van der Waals surface area contributed by atoms with E-state index in [-0.39, 0.29) is 0 Å². The number of hydrogen-bond donors (Lipinski definition) is 1. The van der Waals surface area contributed by atoms with E-state index in [1.54, 1.807) is 25.4 Å². The molecule has 16 heavy (non-hydrogen) atoms. The van der Waals surface area contributed by atoms with Crippen molar-refractivity contribution >= 4 is 17.3 Å². The number of ether oxygens (including phenoxy) is 1. The lowest BCUT2D eigenvalue weighted by atomic mass is 10.3. The van der Waals surface area contributed by atoms with Crippen LogP contribution in [-0.4, -0.2) is 12.1 Å². The highest BCUT2D eigenvalue weighted by Gasteiger charge is 2.04. The maximum absolute atomic E-state index is 5.90. The van der Waals surface area contributed by atoms with Crippen molar-refractivity contribution in [2.24, 2.45) is 0 Å². The summed E-state index contributed by atoms with van der Waals surface area (Å²) in [6.45, 7) is 0.538. The summed E-state index contributed by atoms with van der Waals surface area (Å²) in [7, 11) is 1.61. The molecule has 0 aliphatic heterocycles. The summed E-state index contributed by atoms with van der Waals surface area (Å²) in [6.07, 6.45) is 3.05. The Morgan fingerprint density at radius 3 is 3.06 bits per heavy atom. The molecule has 1 N–H and O–H groups in total. The molecular weight excluding hydrogens is 228 g/mol. The average Bonchev–Trinajstić information content (AvgIpc) is 2.79. The van der Waals surface area contributed by atoms with Crippen molar-refractivity contribution in [1.29, 1.82) is 0 Å². The standard InChI is InChI=1S/C11H11ClN2O2/c1-15-11-3-2-8(12)4-10(11)14-6-9-5-13-7-16-9/h2-5,7,14H,6H2,1H3. The Morgan fingerprint density at radius 1 is 1.50 bits per heavy atom. The lowest BCUT2D eigenvalue weighted by Gasteiger charge is -2.10. The zero-order chi connectivity index (χ0) is 11.4. The van der Waals surface area contributed by atoms with Gasteiger partial charge in [0, 0.05) is 5.02 Å². The highest BCUT2D eigenvalue weighted by molar-refractivity contribution is 6.30. The van der Waals surface area contributed by atoms with Gasteiger partial charge in [0.25, 0.3) is 0 Å². The third-order valence-corrected chi connectivity index (χ3v) is 2.33. The molecule has 1 heterocycles. The summed E-state index contributed by atoms with van der Waals surface area (Å²) < 4.78 is 10.3. The Kier molecular flexibility index (Phi) is 3.31. The molecule has 0 aliphatic rings. The Bertz CT molecular complexity index is 457. The van der Waals surface area contributed by atoms with Crippen LogP contribution in [0.5, 0.6) is 5.75 Å². The van der Waals surface area contributed by atoms with Crippen LogP contribution >= 0.6 is 11.6 Å². The lowest BCUT2D eigenvalue weighted by Crippen LogP contribution is -2.00. The Hall–Kier alpha value is -1.68. The van der Waals surface area contributed by atoms with Gasteiger partial charge in [-0.25, -0.2) is 4.98 Å². The second-order valence-electron chi connectivity index (χ2n) is 3.17. The largest absolute Gasteiger partial charge is 0.495 e. The van der Waals surface area contributed by atoms with Gasteiger partial charge in [0.05, 0.1) is 25.5 Å². The van der Waals surface area contributed by atoms with E-state index in [1.807, 2.05) is 6.07 Å². The molecule has 0 saturated heterocycles. The first-order valence-electron chi connectivity index (χ1n) is 4.74. The van der Waals surface area contributed by atoms with Crippen LogP contribution < -0.4 is 10.1 Å². The fourth-order valence-corrected chi connectivity index (χ4v) is 1.50. The van der Waals surface area contributed by atoms with Crippen LogP contribution in [-0.2, 0) is 6.54 Å². The van der Waals surface area contributed by atoms with Gasteiger partial charge in [-0.3, -0.25) is 0 Å². The van der Waals surface area contributed by atoms with Gasteiger partial charge in [-0.2, -0.15) is 0 Å². The maximum Gasteiger partial charge on any atom is 0.180 e. The van der Waals surface area contributed by atoms with E-state index in [9.17, 15) is 0 Å². The molecule has 0 radical (unpaired) electrons. The number of oxazole rings is 1. The number of aromatic nitrogens is 1. The predicted octanol–water partition coefficient (Wildman–Crippen LogP) is 2.95. The van der Waals surface area contributed by atoms with Crippen LogP contribution in [0.1, 0.15) is 5.76 Å². The minimum Gasteiger partial charge on any atom is -0.495 e. The number of halogens is 1. The first-order valence-corrected chi connectivity index (χ1v) is 5.12. The molecule has 4 nitrogen and oxygen atoms in total. The molecule has 5 heteroatoms. The molecular formula is C11H11ClN2O2. The zero-order valence-electron chi connectivity index (χ0n) is 8.74. The number of anilines is 1. The van der Waals surface area contributed by atoms with Gasteiger partial charge >= 0.3 is 0 Å². The van der Waals surface area contributed by atoms with Crippen LogP contribution in [0.25, 0.3) is 0 Å². The molecule has 0 spiro atoms. The molecule has 0 saturated carbocycles. The molecule has 1 aromatic carbocycles. The van der Waals surface area contributed by atoms with Crippen molar-refractivity contribution in [2.45, 2.75) is 6.54 Å². The minimum absolute atomic E-state index is 0.538. The molecule has 0 bridgehead atoms. The van der Waals surface area contributed by atoms with Gasteiger partial charge in [0.15, 0.2) is 6.39 Å². The minimum atomic E-state index is 0.538. The van der Waals surface area contributed by atoms with E-state index >= 15 is 0 Å². The molecule has 0 amide bonds. The van der Waals surface area contributed by atoms with E-state index in [0.717, 1.165) is 17.2 Å². The van der Waals surface area contributed by atoms with Crippen molar-refractivity contribution in [2.75, 3.05) is 12.4 Å². The summed E-state index contributed by atoms with van der Waals surface area (Å²) in [5, 5.41) is 3.82. The number of benzene rings is 1. The summed E-state index contributed by atoms with van der Waals surface area (Å²) in [6, 6.07) is 5.39. The summed E-state index contributed by atoms with van der Waals surface area (Å²) in [5.74, 6) is 1.49. The second-order valence-corrected chi connectivity index (χ2v) is 3.60. The molecule has 0 atom stereocenters. The zero-order valence-corrected chi connectivity index (χ0v) is 9.49. The fraction of sp³-hybridized carbons (Fsp3) is 0.182. The van der Waals surface area contributed by atoms with E-state index in [4.69, 9.17) is 20.8 Å². The van der Waals surface area contributed by atoms with Crippen molar-refractivity contribution in [3.05, 3.63) is 41.6 Å². The van der Waals surface area contributed by atoms with Crippen molar-refractivity contribution < 1.29 is 9.15 Å². The first-order chi connectivity index (χ1) is 7.79. The van der Waals surface area contributed by atoms with Crippen LogP contribution in [0, 0.1) is 0 Å². The van der Waals surface area contributed by atoms with Crippen molar-refractivity contribution in [3.8, 4) is 5.75 Å². The molecule has 84 valence electrons. The number of rotatable bonds is 4. The second kappa shape index (κ2) is 4.90. The van der Waals surface area contributed by atoms with Crippen molar-refractivity contribution in [1.82, 2.24) is 4.98 Å². The van der Waals surface area contributed by atoms with E-state index in [1.165, 1.54) is 6.39 Å². The normalized spacial score (nSPS) is 10.1. The third-order valence-electron chi connectivity index (χ3n) is 2.10. The van der Waals surface area contributed by atoms with Gasteiger partial charge in [-0.1, -0.05) is 11.6 Å². The molecule has 2 rings (SSSR count). The number of hydrogen-bond acceptors (Lipinski definition) is 4. The van der Waals surface area contributed by atoms with E-state index in [0.29, 0.717) is 11.6 Å². The van der Waals surface area contributed by atoms with Gasteiger partial charge in [0.1, 0.15) is 11.5 Å². The lowest BCUT2D eigenvalue weighted by molar-refractivity contribution is 0.416. The summed E-state index contributed by atoms with van der Waals surface area (Å²) in [5.41, 5.74) is 0.825. The molecule has 1 aromatic heterocycles. The predicted molar refractivity (Wildman–Crippen MR) is 61.8 cm³/mol. The topological polar surface area (TPSA) is 47.3 Å². The van der Waals surface area contributed by atoms with Crippen LogP contribution in [0.2, 0.25) is 5.02 Å². The van der Waals surface area contributed by atoms with E-state index < -0.39 is 0 Å². The van der Waals surface area contributed by atoms with Crippen LogP contribution in [0.4, 0.5) is 5.69 Å². The van der Waals surface area contributed by atoms with Gasteiger partial charge < -0.3 is 14.5 Å². The first kappa shape index (κ1) is 10.8. The highest BCUT2D eigenvalue weighted by Crippen LogP contribution is 2.27. The Labute approximate surface area is 98.2 Å². The summed E-state index contributed by atoms with van der Waals surface area (Å²) >= 11 is 5.90. The van der Waals surface area contributed by atoms with Gasteiger partial charge in [-0.15, -0.1) is 0 Å².